The maximum absolute atomic E-state index is 5.82. The molecule has 0 fully saturated rings. The molecule has 15 heavy (non-hydrogen) atoms. The van der Waals surface area contributed by atoms with E-state index >= 15 is 0 Å². The molecule has 2 rings (SSSR count). The molecular formula is C9H7Cl2N3O. The second kappa shape index (κ2) is 3.72. The van der Waals surface area contributed by atoms with Gasteiger partial charge in [-0.25, -0.2) is 9.97 Å². The summed E-state index contributed by atoms with van der Waals surface area (Å²) >= 11 is 11.5. The minimum atomic E-state index is 0.129. The van der Waals surface area contributed by atoms with Crippen molar-refractivity contribution in [2.75, 3.05) is 12.8 Å². The highest BCUT2D eigenvalue weighted by atomic mass is 35.5. The van der Waals surface area contributed by atoms with Gasteiger partial charge >= 0.3 is 0 Å². The lowest BCUT2D eigenvalue weighted by Crippen LogP contribution is -1.96. The molecule has 1 aromatic carbocycles. The molecule has 0 aliphatic carbocycles. The Hall–Kier alpha value is -1.26. The standard InChI is InChI=1S/C9H7Cl2N3O/c1-15-5-3-2-4-7(6(5)12)14-9(11)8(10)13-4/h2-3H,12H2,1H3. The minimum Gasteiger partial charge on any atom is -0.495 e. The number of rotatable bonds is 1. The lowest BCUT2D eigenvalue weighted by molar-refractivity contribution is 0.417. The number of halogens is 2. The van der Waals surface area contributed by atoms with Gasteiger partial charge in [0.25, 0.3) is 0 Å². The molecule has 78 valence electrons. The summed E-state index contributed by atoms with van der Waals surface area (Å²) in [6.45, 7) is 0. The second-order valence-corrected chi connectivity index (χ2v) is 3.57. The van der Waals surface area contributed by atoms with Crippen LogP contribution in [0.5, 0.6) is 5.75 Å². The first kappa shape index (κ1) is 10.3. The zero-order valence-corrected chi connectivity index (χ0v) is 9.30. The molecular weight excluding hydrogens is 237 g/mol. The third-order valence-corrected chi connectivity index (χ3v) is 2.60. The number of nitrogens with two attached hydrogens (primary N) is 1. The van der Waals surface area contributed by atoms with E-state index in [1.807, 2.05) is 0 Å². The molecule has 0 saturated heterocycles. The van der Waals surface area contributed by atoms with Crippen LogP contribution in [0, 0.1) is 0 Å². The Morgan fingerprint density at radius 3 is 2.53 bits per heavy atom. The molecule has 0 bridgehead atoms. The van der Waals surface area contributed by atoms with E-state index < -0.39 is 0 Å². The largest absolute Gasteiger partial charge is 0.495 e. The molecule has 4 nitrogen and oxygen atoms in total. The van der Waals surface area contributed by atoms with Gasteiger partial charge in [-0.15, -0.1) is 0 Å². The number of hydrogen-bond donors (Lipinski definition) is 1. The fourth-order valence-corrected chi connectivity index (χ4v) is 1.52. The number of benzene rings is 1. The summed E-state index contributed by atoms with van der Waals surface area (Å²) in [5.41, 5.74) is 7.30. The molecule has 1 aromatic heterocycles. The lowest BCUT2D eigenvalue weighted by Gasteiger charge is -2.07. The first-order chi connectivity index (χ1) is 7.13. The Kier molecular flexibility index (Phi) is 2.54. The summed E-state index contributed by atoms with van der Waals surface area (Å²) in [4.78, 5) is 8.10. The van der Waals surface area contributed by atoms with Crippen molar-refractivity contribution >= 4 is 39.9 Å². The van der Waals surface area contributed by atoms with E-state index in [4.69, 9.17) is 33.7 Å². The maximum Gasteiger partial charge on any atom is 0.167 e. The summed E-state index contributed by atoms with van der Waals surface area (Å²) < 4.78 is 5.05. The fraction of sp³-hybridized carbons (Fsp3) is 0.111. The molecule has 0 aliphatic heterocycles. The molecule has 0 atom stereocenters. The lowest BCUT2D eigenvalue weighted by atomic mass is 10.2. The Labute approximate surface area is 96.0 Å². The van der Waals surface area contributed by atoms with Gasteiger partial charge in [-0.1, -0.05) is 23.2 Å². The van der Waals surface area contributed by atoms with Gasteiger partial charge in [0.1, 0.15) is 17.0 Å². The Balaban J connectivity index is 2.81. The second-order valence-electron chi connectivity index (χ2n) is 2.85. The molecule has 6 heteroatoms. The third kappa shape index (κ3) is 1.66. The number of aromatic nitrogens is 2. The Morgan fingerprint density at radius 1 is 1.20 bits per heavy atom. The van der Waals surface area contributed by atoms with Crippen LogP contribution >= 0.6 is 23.2 Å². The summed E-state index contributed by atoms with van der Waals surface area (Å²) in [5, 5.41) is 0.290. The highest BCUT2D eigenvalue weighted by Gasteiger charge is 2.10. The third-order valence-electron chi connectivity index (χ3n) is 1.97. The van der Waals surface area contributed by atoms with E-state index in [0.29, 0.717) is 22.5 Å². The average molecular weight is 244 g/mol. The number of nitrogens with zero attached hydrogens (tertiary/aromatic N) is 2. The van der Waals surface area contributed by atoms with Gasteiger partial charge in [-0.2, -0.15) is 0 Å². The molecule has 2 aromatic rings. The molecule has 1 heterocycles. The van der Waals surface area contributed by atoms with Gasteiger partial charge in [0.15, 0.2) is 10.3 Å². The van der Waals surface area contributed by atoms with Gasteiger partial charge in [0.05, 0.1) is 12.6 Å². The SMILES string of the molecule is COc1ccc2nc(Cl)c(Cl)nc2c1N. The number of hydrogen-bond acceptors (Lipinski definition) is 4. The van der Waals surface area contributed by atoms with Crippen molar-refractivity contribution in [1.29, 1.82) is 0 Å². The zero-order valence-electron chi connectivity index (χ0n) is 7.79. The Bertz CT molecular complexity index is 530. The molecule has 0 aliphatic rings. The van der Waals surface area contributed by atoms with Crippen LogP contribution in [0.15, 0.2) is 12.1 Å². The van der Waals surface area contributed by atoms with E-state index in [-0.39, 0.29) is 10.3 Å². The molecule has 0 unspecified atom stereocenters. The predicted octanol–water partition coefficient (Wildman–Crippen LogP) is 2.53. The quantitative estimate of drug-likeness (QED) is 0.783. The van der Waals surface area contributed by atoms with Crippen LogP contribution in [0.1, 0.15) is 0 Å². The topological polar surface area (TPSA) is 61.0 Å². The highest BCUT2D eigenvalue weighted by Crippen LogP contribution is 2.30. The molecule has 0 saturated carbocycles. The van der Waals surface area contributed by atoms with E-state index in [1.54, 1.807) is 12.1 Å². The van der Waals surface area contributed by atoms with Gasteiger partial charge in [-0.05, 0) is 12.1 Å². The van der Waals surface area contributed by atoms with E-state index in [0.717, 1.165) is 0 Å². The molecule has 2 N–H and O–H groups in total. The van der Waals surface area contributed by atoms with Crippen molar-refractivity contribution in [3.05, 3.63) is 22.4 Å². The van der Waals surface area contributed by atoms with Crippen LogP contribution in [0.4, 0.5) is 5.69 Å². The highest BCUT2D eigenvalue weighted by molar-refractivity contribution is 6.40. The molecule has 0 spiro atoms. The van der Waals surface area contributed by atoms with E-state index in [2.05, 4.69) is 9.97 Å². The number of nitrogen functional groups attached to an aromatic ring is 1. The van der Waals surface area contributed by atoms with Crippen LogP contribution in [0.25, 0.3) is 11.0 Å². The van der Waals surface area contributed by atoms with Crippen LogP contribution < -0.4 is 10.5 Å². The monoisotopic (exact) mass is 243 g/mol. The smallest absolute Gasteiger partial charge is 0.167 e. The van der Waals surface area contributed by atoms with Gasteiger partial charge in [0.2, 0.25) is 0 Å². The molecule has 0 radical (unpaired) electrons. The van der Waals surface area contributed by atoms with Crippen molar-refractivity contribution in [3.63, 3.8) is 0 Å². The van der Waals surface area contributed by atoms with Crippen molar-refractivity contribution in [2.24, 2.45) is 0 Å². The maximum atomic E-state index is 5.82. The summed E-state index contributed by atoms with van der Waals surface area (Å²) in [7, 11) is 1.53. The van der Waals surface area contributed by atoms with Gasteiger partial charge < -0.3 is 10.5 Å². The van der Waals surface area contributed by atoms with Gasteiger partial charge in [-0.3, -0.25) is 0 Å². The van der Waals surface area contributed by atoms with Crippen molar-refractivity contribution in [1.82, 2.24) is 9.97 Å². The first-order valence-corrected chi connectivity index (χ1v) is 4.84. The summed E-state index contributed by atoms with van der Waals surface area (Å²) in [5.74, 6) is 0.537. The summed E-state index contributed by atoms with van der Waals surface area (Å²) in [6, 6.07) is 3.43. The van der Waals surface area contributed by atoms with Crippen LogP contribution in [0.2, 0.25) is 10.3 Å². The first-order valence-electron chi connectivity index (χ1n) is 4.08. The Morgan fingerprint density at radius 2 is 1.87 bits per heavy atom. The fourth-order valence-electron chi connectivity index (χ4n) is 1.26. The number of ether oxygens (including phenoxy) is 1. The van der Waals surface area contributed by atoms with Gasteiger partial charge in [0, 0.05) is 0 Å². The minimum absolute atomic E-state index is 0.129. The molecule has 0 amide bonds. The van der Waals surface area contributed by atoms with Crippen LogP contribution in [-0.4, -0.2) is 17.1 Å². The number of anilines is 1. The average Bonchev–Trinajstić information content (AvgIpc) is 2.22. The van der Waals surface area contributed by atoms with Crippen molar-refractivity contribution in [3.8, 4) is 5.75 Å². The van der Waals surface area contributed by atoms with Crippen molar-refractivity contribution in [2.45, 2.75) is 0 Å². The van der Waals surface area contributed by atoms with Crippen molar-refractivity contribution < 1.29 is 4.74 Å². The number of fused-ring (bicyclic) bond motifs is 1. The predicted molar refractivity (Wildman–Crippen MR) is 60.5 cm³/mol. The van der Waals surface area contributed by atoms with E-state index in [9.17, 15) is 0 Å². The summed E-state index contributed by atoms with van der Waals surface area (Å²) in [6.07, 6.45) is 0. The zero-order chi connectivity index (χ0) is 11.0. The van der Waals surface area contributed by atoms with Crippen LogP contribution in [0.3, 0.4) is 0 Å². The van der Waals surface area contributed by atoms with E-state index in [1.165, 1.54) is 7.11 Å². The number of methoxy groups -OCH3 is 1. The van der Waals surface area contributed by atoms with Crippen LogP contribution in [-0.2, 0) is 0 Å². The normalized spacial score (nSPS) is 10.6.